The smallest absolute Gasteiger partial charge is 0.483 e. The zero-order chi connectivity index (χ0) is 16.1. The zero-order valence-electron chi connectivity index (χ0n) is 12.3. The maximum atomic E-state index is 11.2. The summed E-state index contributed by atoms with van der Waals surface area (Å²) in [4.78, 5) is 44.9. The molecule has 0 aromatic rings. The standard InChI is InChI=1S/C10H18O8Si2/c1-7(11)15-19(5,16-8(2)12)20(6,17-9(3)13)18-10(4)14/h1-6H3. The van der Waals surface area contributed by atoms with Crippen molar-refractivity contribution in [2.24, 2.45) is 0 Å². The van der Waals surface area contributed by atoms with Gasteiger partial charge in [-0.15, -0.1) is 0 Å². The molecule has 0 amide bonds. The molecule has 10 heteroatoms. The van der Waals surface area contributed by atoms with E-state index in [-0.39, 0.29) is 0 Å². The largest absolute Gasteiger partial charge is 0.532 e. The highest BCUT2D eigenvalue weighted by molar-refractivity contribution is 7.32. The molecule has 0 rings (SSSR count). The van der Waals surface area contributed by atoms with Crippen LogP contribution in [0.2, 0.25) is 13.1 Å². The van der Waals surface area contributed by atoms with Crippen LogP contribution in [0, 0.1) is 0 Å². The van der Waals surface area contributed by atoms with E-state index >= 15 is 0 Å². The number of hydrogen-bond donors (Lipinski definition) is 0. The maximum absolute atomic E-state index is 11.2. The lowest BCUT2D eigenvalue weighted by atomic mass is 10.9. The molecule has 0 heterocycles. The topological polar surface area (TPSA) is 105 Å². The van der Waals surface area contributed by atoms with E-state index in [0.29, 0.717) is 0 Å². The molecule has 0 atom stereocenters. The van der Waals surface area contributed by atoms with E-state index in [4.69, 9.17) is 17.7 Å². The molecule has 114 valence electrons. The maximum Gasteiger partial charge on any atom is 0.532 e. The second kappa shape index (κ2) is 6.65. The summed E-state index contributed by atoms with van der Waals surface area (Å²) < 4.78 is 20.3. The lowest BCUT2D eigenvalue weighted by Crippen LogP contribution is -2.69. The van der Waals surface area contributed by atoms with Crippen molar-refractivity contribution in [1.29, 1.82) is 0 Å². The van der Waals surface area contributed by atoms with Crippen molar-refractivity contribution < 1.29 is 36.9 Å². The van der Waals surface area contributed by atoms with Crippen LogP contribution in [0.5, 0.6) is 0 Å². The second-order valence-electron chi connectivity index (χ2n) is 4.27. The molecular weight excluding hydrogens is 304 g/mol. The van der Waals surface area contributed by atoms with Crippen LogP contribution in [0.25, 0.3) is 0 Å². The van der Waals surface area contributed by atoms with E-state index in [9.17, 15) is 19.2 Å². The number of carbonyl (C=O) groups is 4. The summed E-state index contributed by atoms with van der Waals surface area (Å²) >= 11 is 0. The second-order valence-corrected chi connectivity index (χ2v) is 14.3. The van der Waals surface area contributed by atoms with Gasteiger partial charge in [-0.05, 0) is 0 Å². The highest BCUT2D eigenvalue weighted by Gasteiger charge is 2.68. The SMILES string of the molecule is CC(=O)O[Si](C)(OC(C)=O)[Si](C)(OC(C)=O)OC(C)=O. The van der Waals surface area contributed by atoms with Crippen LogP contribution in [0.15, 0.2) is 0 Å². The molecule has 0 radical (unpaired) electrons. The molecule has 0 aromatic carbocycles. The molecule has 0 fully saturated rings. The lowest BCUT2D eigenvalue weighted by molar-refractivity contribution is -0.143. The van der Waals surface area contributed by atoms with Gasteiger partial charge in [-0.25, -0.2) is 0 Å². The third-order valence-corrected chi connectivity index (χ3v) is 12.7. The monoisotopic (exact) mass is 322 g/mol. The van der Waals surface area contributed by atoms with Crippen LogP contribution in [0.1, 0.15) is 27.7 Å². The van der Waals surface area contributed by atoms with Gasteiger partial charge in [0, 0.05) is 40.8 Å². The van der Waals surface area contributed by atoms with E-state index < -0.39 is 40.0 Å². The van der Waals surface area contributed by atoms with Crippen molar-refractivity contribution in [3.05, 3.63) is 0 Å². The van der Waals surface area contributed by atoms with Gasteiger partial charge in [0.2, 0.25) is 0 Å². The summed E-state index contributed by atoms with van der Waals surface area (Å²) in [5, 5.41) is 0. The number of hydrogen-bond acceptors (Lipinski definition) is 8. The van der Waals surface area contributed by atoms with Crippen LogP contribution in [0.3, 0.4) is 0 Å². The van der Waals surface area contributed by atoms with Crippen LogP contribution >= 0.6 is 0 Å². The highest BCUT2D eigenvalue weighted by atomic mass is 29.3. The van der Waals surface area contributed by atoms with E-state index in [1.165, 1.54) is 13.1 Å². The Hall–Kier alpha value is -1.69. The Morgan fingerprint density at radius 2 is 0.700 bits per heavy atom. The normalized spacial score (nSPS) is 11.3. The molecule has 0 aliphatic heterocycles. The highest BCUT2D eigenvalue weighted by Crippen LogP contribution is 2.25. The first kappa shape index (κ1) is 18.3. The van der Waals surface area contributed by atoms with Gasteiger partial charge in [0.1, 0.15) is 0 Å². The van der Waals surface area contributed by atoms with E-state index in [0.717, 1.165) is 27.7 Å². The predicted molar refractivity (Wildman–Crippen MR) is 70.3 cm³/mol. The summed E-state index contributed by atoms with van der Waals surface area (Å²) in [5.74, 6) is -2.89. The van der Waals surface area contributed by atoms with Crippen molar-refractivity contribution in [1.82, 2.24) is 0 Å². The van der Waals surface area contributed by atoms with Gasteiger partial charge in [0.05, 0.1) is 0 Å². The molecule has 0 aliphatic rings. The number of carbonyl (C=O) groups excluding carboxylic acids is 4. The van der Waals surface area contributed by atoms with Crippen molar-refractivity contribution in [3.8, 4) is 0 Å². The van der Waals surface area contributed by atoms with Crippen molar-refractivity contribution in [3.63, 3.8) is 0 Å². The van der Waals surface area contributed by atoms with Gasteiger partial charge in [0.25, 0.3) is 23.9 Å². The molecule has 0 aromatic heterocycles. The van der Waals surface area contributed by atoms with Gasteiger partial charge in [-0.1, -0.05) is 0 Å². The quantitative estimate of drug-likeness (QED) is 0.672. The molecule has 0 aliphatic carbocycles. The van der Waals surface area contributed by atoms with Gasteiger partial charge in [0.15, 0.2) is 0 Å². The third kappa shape index (κ3) is 5.13. The average molecular weight is 322 g/mol. The summed E-state index contributed by atoms with van der Waals surface area (Å²) in [6, 6.07) is 0. The zero-order valence-corrected chi connectivity index (χ0v) is 14.3. The minimum atomic E-state index is -3.70. The minimum absolute atomic E-state index is 0.724. The summed E-state index contributed by atoms with van der Waals surface area (Å²) in [7, 11) is -7.40. The molecule has 8 nitrogen and oxygen atoms in total. The first-order valence-electron chi connectivity index (χ1n) is 5.70. The van der Waals surface area contributed by atoms with Crippen molar-refractivity contribution >= 4 is 40.0 Å². The molecule has 0 bridgehead atoms. The molecule has 0 saturated heterocycles. The van der Waals surface area contributed by atoms with Crippen LogP contribution in [0.4, 0.5) is 0 Å². The van der Waals surface area contributed by atoms with Gasteiger partial charge in [-0.3, -0.25) is 19.2 Å². The molecule has 0 spiro atoms. The first-order valence-corrected chi connectivity index (χ1v) is 11.3. The summed E-state index contributed by atoms with van der Waals surface area (Å²) in [5.41, 5.74) is 0. The Morgan fingerprint density at radius 3 is 0.800 bits per heavy atom. The van der Waals surface area contributed by atoms with E-state index in [2.05, 4.69) is 0 Å². The first-order chi connectivity index (χ1) is 8.92. The molecule has 0 saturated carbocycles. The Labute approximate surface area is 118 Å². The van der Waals surface area contributed by atoms with Crippen molar-refractivity contribution in [2.45, 2.75) is 40.8 Å². The predicted octanol–water partition coefficient (Wildman–Crippen LogP) is 0.461. The van der Waals surface area contributed by atoms with Gasteiger partial charge < -0.3 is 17.7 Å². The average Bonchev–Trinajstić information content (AvgIpc) is 2.10. The Kier molecular flexibility index (Phi) is 6.09. The van der Waals surface area contributed by atoms with Crippen LogP contribution in [-0.4, -0.2) is 40.0 Å². The van der Waals surface area contributed by atoms with Gasteiger partial charge in [-0.2, -0.15) is 0 Å². The molecule has 0 unspecified atom stereocenters. The summed E-state index contributed by atoms with van der Waals surface area (Å²) in [6.45, 7) is 7.15. The molecule has 0 N–H and O–H groups in total. The van der Waals surface area contributed by atoms with E-state index in [1.54, 1.807) is 0 Å². The Morgan fingerprint density at radius 1 is 0.550 bits per heavy atom. The number of rotatable bonds is 5. The van der Waals surface area contributed by atoms with Gasteiger partial charge >= 0.3 is 16.2 Å². The fourth-order valence-corrected chi connectivity index (χ4v) is 8.48. The fourth-order valence-electron chi connectivity index (χ4n) is 1.51. The van der Waals surface area contributed by atoms with Crippen molar-refractivity contribution in [2.75, 3.05) is 0 Å². The lowest BCUT2D eigenvalue weighted by Gasteiger charge is -2.35. The molecule has 20 heavy (non-hydrogen) atoms. The van der Waals surface area contributed by atoms with E-state index in [1.807, 2.05) is 0 Å². The van der Waals surface area contributed by atoms with Crippen LogP contribution in [-0.2, 0) is 36.9 Å². The fraction of sp³-hybridized carbons (Fsp3) is 0.600. The Bertz CT molecular complexity index is 361. The Balaban J connectivity index is 5.70. The third-order valence-electron chi connectivity index (χ3n) is 2.18. The molecular formula is C10H18O8Si2. The minimum Gasteiger partial charge on any atom is -0.483 e. The van der Waals surface area contributed by atoms with Crippen LogP contribution < -0.4 is 0 Å². The summed E-state index contributed by atoms with van der Waals surface area (Å²) in [6.07, 6.45) is 0.